The van der Waals surface area contributed by atoms with E-state index in [0.29, 0.717) is 17.9 Å². The lowest BCUT2D eigenvalue weighted by Crippen LogP contribution is -2.32. The van der Waals surface area contributed by atoms with Crippen molar-refractivity contribution in [3.8, 4) is 11.8 Å². The second kappa shape index (κ2) is 9.37. The van der Waals surface area contributed by atoms with E-state index in [2.05, 4.69) is 11.1 Å². The smallest absolute Gasteiger partial charge is 0.258 e. The van der Waals surface area contributed by atoms with Crippen molar-refractivity contribution in [3.63, 3.8) is 0 Å². The Morgan fingerprint density at radius 1 is 1.38 bits per heavy atom. The minimum absolute atomic E-state index is 0.0383. The fraction of sp³-hybridized carbons (Fsp3) is 0.375. The number of benzene rings is 2. The van der Waals surface area contributed by atoms with E-state index in [9.17, 15) is 9.18 Å². The lowest BCUT2D eigenvalue weighted by Gasteiger charge is -2.25. The van der Waals surface area contributed by atoms with Crippen LogP contribution in [0, 0.1) is 24.1 Å². The van der Waals surface area contributed by atoms with Gasteiger partial charge in [0.15, 0.2) is 11.6 Å². The summed E-state index contributed by atoms with van der Waals surface area (Å²) in [7, 11) is 1.37. The van der Waals surface area contributed by atoms with Gasteiger partial charge >= 0.3 is 0 Å². The Balaban J connectivity index is 1.75. The summed E-state index contributed by atoms with van der Waals surface area (Å²) >= 11 is 0. The van der Waals surface area contributed by atoms with Crippen LogP contribution >= 0.6 is 0 Å². The van der Waals surface area contributed by atoms with Gasteiger partial charge in [-0.3, -0.25) is 4.79 Å². The molecule has 1 amide bonds. The van der Waals surface area contributed by atoms with Crippen molar-refractivity contribution in [2.75, 3.05) is 25.2 Å². The van der Waals surface area contributed by atoms with E-state index in [1.165, 1.54) is 30.2 Å². The van der Waals surface area contributed by atoms with Crippen molar-refractivity contribution >= 4 is 22.6 Å². The number of ether oxygens (including phenoxy) is 2. The number of carbonyl (C=O) groups is 1. The van der Waals surface area contributed by atoms with Crippen molar-refractivity contribution in [2.45, 2.75) is 38.8 Å². The summed E-state index contributed by atoms with van der Waals surface area (Å²) in [6, 6.07) is 9.92. The SMILES string of the molecule is COc1cc(N(CCC#N)C(=O)c2cc(C)c3ncn(C4CCCCO4)c3c2)ccc1F. The van der Waals surface area contributed by atoms with Gasteiger partial charge in [0, 0.05) is 30.5 Å². The zero-order valence-corrected chi connectivity index (χ0v) is 18.2. The van der Waals surface area contributed by atoms with Crippen LogP contribution in [0.5, 0.6) is 5.75 Å². The number of imidazole rings is 1. The van der Waals surface area contributed by atoms with Crippen LogP contribution in [0.3, 0.4) is 0 Å². The van der Waals surface area contributed by atoms with E-state index >= 15 is 0 Å². The summed E-state index contributed by atoms with van der Waals surface area (Å²) < 4.78 is 26.9. The second-order valence-corrected chi connectivity index (χ2v) is 7.82. The van der Waals surface area contributed by atoms with Crippen LogP contribution in [-0.2, 0) is 4.74 Å². The minimum Gasteiger partial charge on any atom is -0.494 e. The predicted molar refractivity (Wildman–Crippen MR) is 118 cm³/mol. The third kappa shape index (κ3) is 4.16. The molecule has 1 aliphatic rings. The molecule has 4 rings (SSSR count). The predicted octanol–water partition coefficient (Wildman–Crippen LogP) is 4.75. The summed E-state index contributed by atoms with van der Waals surface area (Å²) in [6.45, 7) is 2.79. The number of nitriles is 1. The summed E-state index contributed by atoms with van der Waals surface area (Å²) in [5.41, 5.74) is 3.46. The van der Waals surface area contributed by atoms with Crippen LogP contribution in [0.4, 0.5) is 10.1 Å². The molecular weight excluding hydrogens is 411 g/mol. The number of hydrogen-bond donors (Lipinski definition) is 0. The number of nitrogens with zero attached hydrogens (tertiary/aromatic N) is 4. The van der Waals surface area contributed by atoms with Crippen LogP contribution in [0.25, 0.3) is 11.0 Å². The number of aryl methyl sites for hydroxylation is 1. The van der Waals surface area contributed by atoms with E-state index in [1.807, 2.05) is 17.6 Å². The Morgan fingerprint density at radius 3 is 2.94 bits per heavy atom. The molecule has 1 aliphatic heterocycles. The molecule has 8 heteroatoms. The summed E-state index contributed by atoms with van der Waals surface area (Å²) in [4.78, 5) is 19.6. The molecule has 3 aromatic rings. The average molecular weight is 436 g/mol. The maximum absolute atomic E-state index is 13.9. The molecule has 1 atom stereocenters. The molecule has 1 unspecified atom stereocenters. The number of methoxy groups -OCH3 is 1. The van der Waals surface area contributed by atoms with Crippen molar-refractivity contribution in [1.82, 2.24) is 9.55 Å². The number of amides is 1. The van der Waals surface area contributed by atoms with Crippen molar-refractivity contribution < 1.29 is 18.7 Å². The minimum atomic E-state index is -0.516. The molecule has 32 heavy (non-hydrogen) atoms. The highest BCUT2D eigenvalue weighted by Gasteiger charge is 2.23. The molecule has 0 saturated carbocycles. The summed E-state index contributed by atoms with van der Waals surface area (Å²) in [5.74, 6) is -0.759. The Hall–Kier alpha value is -3.44. The van der Waals surface area contributed by atoms with E-state index in [1.54, 1.807) is 12.4 Å². The van der Waals surface area contributed by atoms with Crippen LogP contribution in [-0.4, -0.2) is 35.7 Å². The van der Waals surface area contributed by atoms with Gasteiger partial charge in [-0.05, 0) is 56.0 Å². The summed E-state index contributed by atoms with van der Waals surface area (Å²) in [5, 5.41) is 9.10. The molecule has 2 heterocycles. The third-order valence-corrected chi connectivity index (χ3v) is 5.72. The number of fused-ring (bicyclic) bond motifs is 1. The van der Waals surface area contributed by atoms with Gasteiger partial charge in [0.1, 0.15) is 6.23 Å². The molecular formula is C24H25FN4O3. The number of anilines is 1. The van der Waals surface area contributed by atoms with E-state index in [0.717, 1.165) is 35.9 Å². The van der Waals surface area contributed by atoms with Crippen molar-refractivity contribution in [3.05, 3.63) is 53.6 Å². The number of hydrogen-bond acceptors (Lipinski definition) is 5. The Kier molecular flexibility index (Phi) is 6.37. The lowest BCUT2D eigenvalue weighted by molar-refractivity contribution is -0.0295. The zero-order chi connectivity index (χ0) is 22.7. The van der Waals surface area contributed by atoms with Crippen LogP contribution in [0.15, 0.2) is 36.7 Å². The van der Waals surface area contributed by atoms with Crippen LogP contribution in [0.2, 0.25) is 0 Å². The monoisotopic (exact) mass is 436 g/mol. The third-order valence-electron chi connectivity index (χ3n) is 5.72. The first kappa shape index (κ1) is 21.8. The molecule has 7 nitrogen and oxygen atoms in total. The molecule has 0 N–H and O–H groups in total. The molecule has 0 aliphatic carbocycles. The standard InChI is InChI=1S/C24H25FN4O3/c1-16-12-17(13-20-23(16)27-15-29(20)22-6-3-4-11-32-22)24(30)28(10-5-9-26)18-7-8-19(25)21(14-18)31-2/h7-8,12-15,22H,3-6,10-11H2,1-2H3. The van der Waals surface area contributed by atoms with Crippen LogP contribution in [0.1, 0.15) is 47.8 Å². The maximum atomic E-state index is 13.9. The van der Waals surface area contributed by atoms with E-state index < -0.39 is 5.82 Å². The van der Waals surface area contributed by atoms with E-state index in [4.69, 9.17) is 14.7 Å². The zero-order valence-electron chi connectivity index (χ0n) is 18.2. The highest BCUT2D eigenvalue weighted by molar-refractivity contribution is 6.08. The fourth-order valence-electron chi connectivity index (χ4n) is 4.09. The van der Waals surface area contributed by atoms with Gasteiger partial charge in [-0.2, -0.15) is 5.26 Å². The van der Waals surface area contributed by atoms with Gasteiger partial charge in [-0.1, -0.05) is 0 Å². The molecule has 1 saturated heterocycles. The number of carbonyl (C=O) groups excluding carboxylic acids is 1. The first-order valence-electron chi connectivity index (χ1n) is 10.6. The topological polar surface area (TPSA) is 80.4 Å². The first-order chi connectivity index (χ1) is 15.5. The van der Waals surface area contributed by atoms with Crippen molar-refractivity contribution in [1.29, 1.82) is 5.26 Å². The molecule has 2 aromatic carbocycles. The van der Waals surface area contributed by atoms with Gasteiger partial charge in [-0.25, -0.2) is 9.37 Å². The van der Waals surface area contributed by atoms with Crippen LogP contribution < -0.4 is 9.64 Å². The Morgan fingerprint density at radius 2 is 2.22 bits per heavy atom. The second-order valence-electron chi connectivity index (χ2n) is 7.82. The van der Waals surface area contributed by atoms with Gasteiger partial charge < -0.3 is 18.9 Å². The Labute approximate surface area is 186 Å². The van der Waals surface area contributed by atoms with Gasteiger partial charge in [0.05, 0.1) is 37.0 Å². The van der Waals surface area contributed by atoms with Gasteiger partial charge in [-0.15, -0.1) is 0 Å². The first-order valence-corrected chi connectivity index (χ1v) is 10.6. The number of halogens is 1. The molecule has 0 radical (unpaired) electrons. The fourth-order valence-corrected chi connectivity index (χ4v) is 4.09. The molecule has 0 spiro atoms. The van der Waals surface area contributed by atoms with Gasteiger partial charge in [0.25, 0.3) is 5.91 Å². The summed E-state index contributed by atoms with van der Waals surface area (Å²) in [6.07, 6.45) is 4.82. The average Bonchev–Trinajstić information content (AvgIpc) is 3.25. The molecule has 166 valence electrons. The normalized spacial score (nSPS) is 16.0. The molecule has 1 aromatic heterocycles. The molecule has 0 bridgehead atoms. The lowest BCUT2D eigenvalue weighted by atomic mass is 10.1. The maximum Gasteiger partial charge on any atom is 0.258 e. The number of rotatable bonds is 6. The van der Waals surface area contributed by atoms with Gasteiger partial charge in [0.2, 0.25) is 0 Å². The molecule has 1 fully saturated rings. The largest absolute Gasteiger partial charge is 0.494 e. The highest BCUT2D eigenvalue weighted by Crippen LogP contribution is 2.30. The van der Waals surface area contributed by atoms with Crippen molar-refractivity contribution in [2.24, 2.45) is 0 Å². The van der Waals surface area contributed by atoms with E-state index in [-0.39, 0.29) is 30.9 Å². The quantitative estimate of drug-likeness (QED) is 0.557. The highest BCUT2D eigenvalue weighted by atomic mass is 19.1. The number of aromatic nitrogens is 2. The Bertz CT molecular complexity index is 1180.